The van der Waals surface area contributed by atoms with Crippen LogP contribution >= 0.6 is 0 Å². The van der Waals surface area contributed by atoms with Crippen molar-refractivity contribution in [2.45, 2.75) is 39.2 Å². The Bertz CT molecular complexity index is 421. The number of hydrogen-bond donors (Lipinski definition) is 2. The van der Waals surface area contributed by atoms with Gasteiger partial charge in [0, 0.05) is 18.0 Å². The highest BCUT2D eigenvalue weighted by Crippen LogP contribution is 2.23. The number of aromatic nitrogens is 1. The van der Waals surface area contributed by atoms with Gasteiger partial charge in [-0.3, -0.25) is 15.0 Å². The Hall–Kier alpha value is -1.40. The zero-order valence-corrected chi connectivity index (χ0v) is 12.2. The lowest BCUT2D eigenvalue weighted by atomic mass is 9.92. The standard InChI is InChI=1S/C13H23N3O3/c1-9(17)7-16(5)8-11(18)14-12-6-10(15-19-12)13(2,3)4/h6,9,17H,7-8H2,1-5H3,(H,14,18). The number of aliphatic hydroxyl groups is 1. The van der Waals surface area contributed by atoms with Gasteiger partial charge >= 0.3 is 0 Å². The van der Waals surface area contributed by atoms with Crippen LogP contribution in [0.5, 0.6) is 0 Å². The number of carbonyl (C=O) groups is 1. The van der Waals surface area contributed by atoms with Gasteiger partial charge in [0.05, 0.1) is 18.3 Å². The highest BCUT2D eigenvalue weighted by atomic mass is 16.5. The van der Waals surface area contributed by atoms with Gasteiger partial charge in [-0.05, 0) is 14.0 Å². The highest BCUT2D eigenvalue weighted by Gasteiger charge is 2.20. The summed E-state index contributed by atoms with van der Waals surface area (Å²) in [5.74, 6) is 0.153. The maximum absolute atomic E-state index is 11.7. The molecule has 1 atom stereocenters. The fourth-order valence-corrected chi connectivity index (χ4v) is 1.63. The van der Waals surface area contributed by atoms with Crippen LogP contribution in [-0.4, -0.2) is 47.3 Å². The largest absolute Gasteiger partial charge is 0.392 e. The number of carbonyl (C=O) groups excluding carboxylic acids is 1. The third-order valence-corrected chi connectivity index (χ3v) is 2.53. The second-order valence-corrected chi connectivity index (χ2v) is 5.92. The molecule has 0 saturated heterocycles. The number of nitrogens with zero attached hydrogens (tertiary/aromatic N) is 2. The topological polar surface area (TPSA) is 78.6 Å². The predicted molar refractivity (Wildman–Crippen MR) is 73.0 cm³/mol. The molecule has 0 bridgehead atoms. The van der Waals surface area contributed by atoms with Gasteiger partial charge in [-0.1, -0.05) is 25.9 Å². The van der Waals surface area contributed by atoms with Crippen molar-refractivity contribution < 1.29 is 14.4 Å². The molecule has 1 unspecified atom stereocenters. The lowest BCUT2D eigenvalue weighted by Crippen LogP contribution is -2.34. The van der Waals surface area contributed by atoms with Crippen LogP contribution in [0.4, 0.5) is 5.88 Å². The van der Waals surface area contributed by atoms with Crippen molar-refractivity contribution in [1.29, 1.82) is 0 Å². The minimum atomic E-state index is -0.462. The van der Waals surface area contributed by atoms with Crippen LogP contribution in [0.25, 0.3) is 0 Å². The monoisotopic (exact) mass is 269 g/mol. The van der Waals surface area contributed by atoms with Crippen molar-refractivity contribution in [3.63, 3.8) is 0 Å². The molecular formula is C13H23N3O3. The first-order valence-corrected chi connectivity index (χ1v) is 6.32. The van der Waals surface area contributed by atoms with E-state index < -0.39 is 6.10 Å². The van der Waals surface area contributed by atoms with Crippen LogP contribution in [0, 0.1) is 0 Å². The second-order valence-electron chi connectivity index (χ2n) is 5.92. The van der Waals surface area contributed by atoms with Gasteiger partial charge in [0.15, 0.2) is 0 Å². The molecule has 6 heteroatoms. The van der Waals surface area contributed by atoms with Gasteiger partial charge in [-0.25, -0.2) is 0 Å². The molecule has 1 amide bonds. The molecule has 0 fully saturated rings. The summed E-state index contributed by atoms with van der Waals surface area (Å²) in [5, 5.41) is 15.8. The molecule has 0 saturated carbocycles. The summed E-state index contributed by atoms with van der Waals surface area (Å²) in [6.07, 6.45) is -0.462. The van der Waals surface area contributed by atoms with Crippen molar-refractivity contribution in [2.75, 3.05) is 25.5 Å². The normalized spacial score (nSPS) is 13.6. The summed E-state index contributed by atoms with van der Waals surface area (Å²) in [7, 11) is 1.77. The Morgan fingerprint density at radius 2 is 2.21 bits per heavy atom. The first kappa shape index (κ1) is 15.7. The highest BCUT2D eigenvalue weighted by molar-refractivity contribution is 5.90. The van der Waals surface area contributed by atoms with Gasteiger partial charge in [0.1, 0.15) is 0 Å². The lowest BCUT2D eigenvalue weighted by molar-refractivity contribution is -0.117. The molecule has 1 aromatic heterocycles. The first-order chi connectivity index (χ1) is 8.68. The summed E-state index contributed by atoms with van der Waals surface area (Å²) < 4.78 is 5.07. The van der Waals surface area contributed by atoms with E-state index in [-0.39, 0.29) is 17.9 Å². The van der Waals surface area contributed by atoms with Crippen molar-refractivity contribution in [1.82, 2.24) is 10.1 Å². The number of anilines is 1. The molecule has 0 aliphatic rings. The molecule has 108 valence electrons. The fourth-order valence-electron chi connectivity index (χ4n) is 1.63. The van der Waals surface area contributed by atoms with Crippen LogP contribution in [0.1, 0.15) is 33.4 Å². The van der Waals surface area contributed by atoms with Crippen molar-refractivity contribution >= 4 is 11.8 Å². The lowest BCUT2D eigenvalue weighted by Gasteiger charge is -2.16. The molecule has 0 aliphatic carbocycles. The van der Waals surface area contributed by atoms with Gasteiger partial charge < -0.3 is 9.63 Å². The quantitative estimate of drug-likeness (QED) is 0.840. The fraction of sp³-hybridized carbons (Fsp3) is 0.692. The average Bonchev–Trinajstić information content (AvgIpc) is 2.63. The molecule has 19 heavy (non-hydrogen) atoms. The van der Waals surface area contributed by atoms with E-state index in [1.54, 1.807) is 24.9 Å². The molecule has 6 nitrogen and oxygen atoms in total. The summed E-state index contributed by atoms with van der Waals surface area (Å²) in [5.41, 5.74) is 0.676. The third kappa shape index (κ3) is 5.40. The van der Waals surface area contributed by atoms with Gasteiger partial charge in [-0.2, -0.15) is 0 Å². The number of amides is 1. The summed E-state index contributed by atoms with van der Waals surface area (Å²) in [6, 6.07) is 1.73. The molecule has 0 aliphatic heterocycles. The third-order valence-electron chi connectivity index (χ3n) is 2.53. The number of nitrogens with one attached hydrogen (secondary N) is 1. The van der Waals surface area contributed by atoms with Crippen LogP contribution in [-0.2, 0) is 10.2 Å². The zero-order chi connectivity index (χ0) is 14.6. The maximum Gasteiger partial charge on any atom is 0.240 e. The number of aliphatic hydroxyl groups excluding tert-OH is 1. The molecule has 0 spiro atoms. The van der Waals surface area contributed by atoms with E-state index in [1.165, 1.54) is 0 Å². The minimum absolute atomic E-state index is 0.115. The van der Waals surface area contributed by atoms with E-state index in [0.29, 0.717) is 12.4 Å². The predicted octanol–water partition coefficient (Wildman–Crippen LogP) is 1.22. The van der Waals surface area contributed by atoms with Crippen molar-refractivity contribution in [3.8, 4) is 0 Å². The Kier molecular flexibility index (Phi) is 5.08. The molecule has 2 N–H and O–H groups in total. The second kappa shape index (κ2) is 6.16. The Labute approximate surface area is 113 Å². The van der Waals surface area contributed by atoms with E-state index in [2.05, 4.69) is 10.5 Å². The van der Waals surface area contributed by atoms with Gasteiger partial charge in [0.2, 0.25) is 11.8 Å². The summed E-state index contributed by atoms with van der Waals surface area (Å²) in [4.78, 5) is 13.5. The zero-order valence-electron chi connectivity index (χ0n) is 12.2. The van der Waals surface area contributed by atoms with E-state index in [4.69, 9.17) is 4.52 Å². The van der Waals surface area contributed by atoms with Crippen LogP contribution < -0.4 is 5.32 Å². The van der Waals surface area contributed by atoms with Crippen LogP contribution in [0.15, 0.2) is 10.6 Å². The van der Waals surface area contributed by atoms with Gasteiger partial charge in [0.25, 0.3) is 0 Å². The van der Waals surface area contributed by atoms with Crippen molar-refractivity contribution in [3.05, 3.63) is 11.8 Å². The molecule has 0 aromatic carbocycles. The number of hydrogen-bond acceptors (Lipinski definition) is 5. The van der Waals surface area contributed by atoms with E-state index >= 15 is 0 Å². The van der Waals surface area contributed by atoms with Crippen molar-refractivity contribution in [2.24, 2.45) is 0 Å². The van der Waals surface area contributed by atoms with Crippen LogP contribution in [0.3, 0.4) is 0 Å². The van der Waals surface area contributed by atoms with E-state index in [9.17, 15) is 9.90 Å². The molecule has 1 rings (SSSR count). The summed E-state index contributed by atoms with van der Waals surface area (Å²) in [6.45, 7) is 8.38. The Balaban J connectivity index is 2.51. The minimum Gasteiger partial charge on any atom is -0.392 e. The molecule has 1 aromatic rings. The van der Waals surface area contributed by atoms with E-state index in [1.807, 2.05) is 20.8 Å². The Morgan fingerprint density at radius 1 is 1.58 bits per heavy atom. The first-order valence-electron chi connectivity index (χ1n) is 6.32. The Morgan fingerprint density at radius 3 is 2.68 bits per heavy atom. The number of likely N-dealkylation sites (N-methyl/N-ethyl adjacent to an activating group) is 1. The summed E-state index contributed by atoms with van der Waals surface area (Å²) >= 11 is 0. The van der Waals surface area contributed by atoms with Crippen LogP contribution in [0.2, 0.25) is 0 Å². The molecule has 1 heterocycles. The molecular weight excluding hydrogens is 246 g/mol. The van der Waals surface area contributed by atoms with Gasteiger partial charge in [-0.15, -0.1) is 0 Å². The maximum atomic E-state index is 11.7. The molecule has 0 radical (unpaired) electrons. The van der Waals surface area contributed by atoms with E-state index in [0.717, 1.165) is 5.69 Å². The number of rotatable bonds is 5. The average molecular weight is 269 g/mol. The SMILES string of the molecule is CC(O)CN(C)CC(=O)Nc1cc(C(C)(C)C)no1. The smallest absolute Gasteiger partial charge is 0.240 e.